The van der Waals surface area contributed by atoms with Crippen molar-refractivity contribution in [3.05, 3.63) is 28.6 Å². The molecule has 0 aromatic carbocycles. The summed E-state index contributed by atoms with van der Waals surface area (Å²) in [5, 5.41) is 10.3. The molecule has 2 heterocycles. The number of aromatic hydroxyl groups is 1. The molecule has 5 nitrogen and oxygen atoms in total. The molecule has 2 rings (SSSR count). The van der Waals surface area contributed by atoms with Gasteiger partial charge in [-0.05, 0) is 0 Å². The highest BCUT2D eigenvalue weighted by Crippen LogP contribution is 2.41. The summed E-state index contributed by atoms with van der Waals surface area (Å²) in [5.41, 5.74) is 0. The maximum Gasteiger partial charge on any atom is 0.352 e. The average molecular weight is 259 g/mol. The molecule has 0 spiro atoms. The fourth-order valence-electron chi connectivity index (χ4n) is 1.17. The minimum atomic E-state index is -0.615. The first kappa shape index (κ1) is 11.0. The zero-order chi connectivity index (χ0) is 11.7. The van der Waals surface area contributed by atoms with E-state index in [1.807, 2.05) is 0 Å². The number of carbonyl (C=O) groups is 1. The van der Waals surface area contributed by atoms with Gasteiger partial charge < -0.3 is 9.84 Å². The van der Waals surface area contributed by atoms with Crippen molar-refractivity contribution < 1.29 is 14.6 Å². The molecule has 1 N–H and O–H groups in total. The highest BCUT2D eigenvalue weighted by Gasteiger charge is 2.22. The van der Waals surface area contributed by atoms with Crippen LogP contribution in [0.15, 0.2) is 18.7 Å². The van der Waals surface area contributed by atoms with E-state index in [1.165, 1.54) is 13.4 Å². The van der Waals surface area contributed by atoms with E-state index in [0.717, 1.165) is 11.3 Å². The van der Waals surface area contributed by atoms with Crippen LogP contribution in [0.5, 0.6) is 5.75 Å². The van der Waals surface area contributed by atoms with Crippen LogP contribution < -0.4 is 0 Å². The number of imidazole rings is 1. The number of esters is 1. The van der Waals surface area contributed by atoms with Gasteiger partial charge in [0.1, 0.15) is 10.0 Å². The van der Waals surface area contributed by atoms with E-state index in [4.69, 9.17) is 11.6 Å². The van der Waals surface area contributed by atoms with Gasteiger partial charge in [0.2, 0.25) is 0 Å². The summed E-state index contributed by atoms with van der Waals surface area (Å²) in [6.45, 7) is 0. The first-order chi connectivity index (χ1) is 7.65. The highest BCUT2D eigenvalue weighted by molar-refractivity contribution is 7.17. The third-order valence-corrected chi connectivity index (χ3v) is 3.56. The molecule has 0 amide bonds. The molecule has 0 saturated heterocycles. The maximum absolute atomic E-state index is 11.3. The van der Waals surface area contributed by atoms with Gasteiger partial charge in [0, 0.05) is 12.4 Å². The molecule has 7 heteroatoms. The van der Waals surface area contributed by atoms with E-state index >= 15 is 0 Å². The van der Waals surface area contributed by atoms with Gasteiger partial charge in [-0.1, -0.05) is 11.6 Å². The Morgan fingerprint density at radius 1 is 1.69 bits per heavy atom. The Bertz CT molecular complexity index is 521. The van der Waals surface area contributed by atoms with Gasteiger partial charge in [-0.3, -0.25) is 4.57 Å². The van der Waals surface area contributed by atoms with Crippen molar-refractivity contribution in [3.8, 4) is 10.8 Å². The first-order valence-corrected chi connectivity index (χ1v) is 5.42. The van der Waals surface area contributed by atoms with E-state index in [9.17, 15) is 9.90 Å². The maximum atomic E-state index is 11.3. The second-order valence-corrected chi connectivity index (χ2v) is 4.24. The Labute approximate surface area is 99.9 Å². The third kappa shape index (κ3) is 1.66. The average Bonchev–Trinajstić information content (AvgIpc) is 2.89. The molecule has 0 bridgehead atoms. The summed E-state index contributed by atoms with van der Waals surface area (Å²) in [4.78, 5) is 15.3. The number of halogens is 1. The smallest absolute Gasteiger partial charge is 0.352 e. The summed E-state index contributed by atoms with van der Waals surface area (Å²) < 4.78 is 6.14. The van der Waals surface area contributed by atoms with Gasteiger partial charge in [0.25, 0.3) is 0 Å². The van der Waals surface area contributed by atoms with Crippen molar-refractivity contribution in [2.45, 2.75) is 0 Å². The van der Waals surface area contributed by atoms with Crippen LogP contribution in [0.3, 0.4) is 0 Å². The molecule has 0 aliphatic rings. The summed E-state index contributed by atoms with van der Waals surface area (Å²) in [5.74, 6) is -0.877. The lowest BCUT2D eigenvalue weighted by atomic mass is 10.4. The molecule has 0 radical (unpaired) electrons. The van der Waals surface area contributed by atoms with Crippen LogP contribution in [-0.2, 0) is 4.74 Å². The van der Waals surface area contributed by atoms with Crippen molar-refractivity contribution in [2.24, 2.45) is 0 Å². The lowest BCUT2D eigenvalue weighted by Gasteiger charge is -1.96. The number of aromatic nitrogens is 2. The Morgan fingerprint density at radius 2 is 2.44 bits per heavy atom. The zero-order valence-corrected chi connectivity index (χ0v) is 9.75. The zero-order valence-electron chi connectivity index (χ0n) is 8.18. The number of methoxy groups -OCH3 is 1. The number of thiophene rings is 1. The molecule has 0 fully saturated rings. The number of hydrogen-bond donors (Lipinski definition) is 1. The van der Waals surface area contributed by atoms with Crippen molar-refractivity contribution >= 4 is 28.9 Å². The van der Waals surface area contributed by atoms with Gasteiger partial charge in [0.15, 0.2) is 10.6 Å². The fraction of sp³-hybridized carbons (Fsp3) is 0.111. The van der Waals surface area contributed by atoms with Gasteiger partial charge >= 0.3 is 5.97 Å². The van der Waals surface area contributed by atoms with Crippen molar-refractivity contribution in [1.29, 1.82) is 0 Å². The molecule has 2 aromatic heterocycles. The second kappa shape index (κ2) is 4.15. The van der Waals surface area contributed by atoms with Crippen molar-refractivity contribution in [2.75, 3.05) is 7.11 Å². The minimum Gasteiger partial charge on any atom is -0.505 e. The molecule has 84 valence electrons. The van der Waals surface area contributed by atoms with Crippen LogP contribution in [-0.4, -0.2) is 27.7 Å². The van der Waals surface area contributed by atoms with E-state index in [-0.39, 0.29) is 15.6 Å². The normalized spacial score (nSPS) is 10.4. The largest absolute Gasteiger partial charge is 0.505 e. The van der Waals surface area contributed by atoms with E-state index in [0.29, 0.717) is 5.00 Å². The minimum absolute atomic E-state index is 0.0798. The van der Waals surface area contributed by atoms with Gasteiger partial charge in [-0.15, -0.1) is 11.3 Å². The molecule has 0 atom stereocenters. The number of carbonyl (C=O) groups excluding carboxylic acids is 1. The molecule has 0 saturated carbocycles. The van der Waals surface area contributed by atoms with E-state index in [2.05, 4.69) is 9.72 Å². The number of nitrogens with zero attached hydrogens (tertiary/aromatic N) is 2. The van der Waals surface area contributed by atoms with Crippen LogP contribution in [0.2, 0.25) is 5.02 Å². The monoisotopic (exact) mass is 258 g/mol. The Balaban J connectivity index is 2.54. The summed E-state index contributed by atoms with van der Waals surface area (Å²) in [6, 6.07) is 0. The quantitative estimate of drug-likeness (QED) is 0.838. The Hall–Kier alpha value is -1.53. The predicted molar refractivity (Wildman–Crippen MR) is 59.5 cm³/mol. The van der Waals surface area contributed by atoms with Crippen LogP contribution in [0.4, 0.5) is 0 Å². The fourth-order valence-corrected chi connectivity index (χ4v) is 2.49. The van der Waals surface area contributed by atoms with Gasteiger partial charge in [-0.25, -0.2) is 9.78 Å². The second-order valence-electron chi connectivity index (χ2n) is 2.86. The molecular formula is C9H7ClN2O3S. The van der Waals surface area contributed by atoms with Gasteiger partial charge in [0.05, 0.1) is 13.4 Å². The lowest BCUT2D eigenvalue weighted by molar-refractivity contribution is 0.0603. The first-order valence-electron chi connectivity index (χ1n) is 4.23. The molecule has 0 aliphatic carbocycles. The van der Waals surface area contributed by atoms with Crippen LogP contribution in [0, 0.1) is 0 Å². The number of rotatable bonds is 2. The van der Waals surface area contributed by atoms with Crippen molar-refractivity contribution in [1.82, 2.24) is 9.55 Å². The number of hydrogen-bond acceptors (Lipinski definition) is 5. The SMILES string of the molecule is COC(=O)c1sc(-n2ccnc2)c(Cl)c1O. The summed E-state index contributed by atoms with van der Waals surface area (Å²) >= 11 is 6.95. The van der Waals surface area contributed by atoms with Gasteiger partial charge in [-0.2, -0.15) is 0 Å². The molecular weight excluding hydrogens is 252 g/mol. The standard InChI is InChI=1S/C9H7ClN2O3S/c1-15-9(14)7-6(13)5(10)8(16-7)12-3-2-11-4-12/h2-4,13H,1H3. The summed E-state index contributed by atoms with van der Waals surface area (Å²) in [7, 11) is 1.24. The van der Waals surface area contributed by atoms with Crippen LogP contribution in [0.1, 0.15) is 9.67 Å². The molecule has 0 unspecified atom stereocenters. The van der Waals surface area contributed by atoms with Crippen LogP contribution >= 0.6 is 22.9 Å². The third-order valence-electron chi connectivity index (χ3n) is 1.92. The topological polar surface area (TPSA) is 64.4 Å². The van der Waals surface area contributed by atoms with Crippen molar-refractivity contribution in [3.63, 3.8) is 0 Å². The van der Waals surface area contributed by atoms with Crippen LogP contribution in [0.25, 0.3) is 5.00 Å². The number of ether oxygens (including phenoxy) is 1. The Kier molecular flexibility index (Phi) is 2.84. The highest BCUT2D eigenvalue weighted by atomic mass is 35.5. The molecule has 16 heavy (non-hydrogen) atoms. The summed E-state index contributed by atoms with van der Waals surface area (Å²) in [6.07, 6.45) is 4.77. The molecule has 2 aromatic rings. The van der Waals surface area contributed by atoms with E-state index < -0.39 is 5.97 Å². The Morgan fingerprint density at radius 3 is 3.00 bits per heavy atom. The lowest BCUT2D eigenvalue weighted by Crippen LogP contribution is -1.97. The predicted octanol–water partition coefficient (Wildman–Crippen LogP) is 2.08. The van der Waals surface area contributed by atoms with E-state index in [1.54, 1.807) is 17.0 Å². The molecule has 0 aliphatic heterocycles.